The number of benzene rings is 2. The fourth-order valence-electron chi connectivity index (χ4n) is 3.28. The van der Waals surface area contributed by atoms with Crippen molar-refractivity contribution in [2.75, 3.05) is 32.6 Å². The number of hydrogen-bond donors (Lipinski definition) is 0. The van der Waals surface area contributed by atoms with Crippen LogP contribution in [0, 0.1) is 0 Å². The van der Waals surface area contributed by atoms with E-state index in [1.54, 1.807) is 55.4 Å². The lowest BCUT2D eigenvalue weighted by Crippen LogP contribution is -2.50. The van der Waals surface area contributed by atoms with Gasteiger partial charge in [-0.25, -0.2) is 0 Å². The molecule has 2 aromatic carbocycles. The highest BCUT2D eigenvalue weighted by Gasteiger charge is 2.34. The molecule has 0 saturated carbocycles. The molecule has 0 unspecified atom stereocenters. The summed E-state index contributed by atoms with van der Waals surface area (Å²) in [6.07, 6.45) is -0.754. The van der Waals surface area contributed by atoms with Gasteiger partial charge < -0.3 is 19.3 Å². The van der Waals surface area contributed by atoms with Gasteiger partial charge in [0, 0.05) is 25.2 Å². The molecular formula is C22H24N2O5. The minimum absolute atomic E-state index is 0.0293. The van der Waals surface area contributed by atoms with Crippen molar-refractivity contribution in [2.24, 2.45) is 0 Å². The van der Waals surface area contributed by atoms with E-state index in [2.05, 4.69) is 0 Å². The summed E-state index contributed by atoms with van der Waals surface area (Å²) in [5.74, 6) is 0.502. The van der Waals surface area contributed by atoms with E-state index in [0.717, 1.165) is 0 Å². The molecule has 0 saturated heterocycles. The van der Waals surface area contributed by atoms with Crippen molar-refractivity contribution in [3.63, 3.8) is 0 Å². The van der Waals surface area contributed by atoms with Crippen LogP contribution in [0.5, 0.6) is 11.5 Å². The Balaban J connectivity index is 1.93. The summed E-state index contributed by atoms with van der Waals surface area (Å²) in [5.41, 5.74) is 1.74. The van der Waals surface area contributed by atoms with Gasteiger partial charge in [-0.2, -0.15) is 0 Å². The van der Waals surface area contributed by atoms with Crippen LogP contribution in [0.1, 0.15) is 22.8 Å². The van der Waals surface area contributed by atoms with E-state index in [1.165, 1.54) is 18.9 Å². The zero-order valence-electron chi connectivity index (χ0n) is 17.0. The third-order valence-corrected chi connectivity index (χ3v) is 4.82. The average molecular weight is 396 g/mol. The average Bonchev–Trinajstić information content (AvgIpc) is 2.72. The maximum absolute atomic E-state index is 13.2. The zero-order valence-corrected chi connectivity index (χ0v) is 17.0. The Morgan fingerprint density at radius 3 is 2.55 bits per heavy atom. The molecule has 2 amide bonds. The molecule has 7 nitrogen and oxygen atoms in total. The van der Waals surface area contributed by atoms with Crippen molar-refractivity contribution >= 4 is 23.3 Å². The lowest BCUT2D eigenvalue weighted by Gasteiger charge is -2.35. The van der Waals surface area contributed by atoms with Gasteiger partial charge in [-0.1, -0.05) is 12.1 Å². The molecule has 3 rings (SSSR count). The quantitative estimate of drug-likeness (QED) is 0.725. The van der Waals surface area contributed by atoms with Crippen LogP contribution < -0.4 is 14.4 Å². The summed E-state index contributed by atoms with van der Waals surface area (Å²) < 4.78 is 11.2. The molecule has 2 aromatic rings. The maximum Gasteiger partial charge on any atom is 0.265 e. The minimum Gasteiger partial charge on any atom is -0.496 e. The second-order valence-electron chi connectivity index (χ2n) is 7.07. The molecule has 7 heteroatoms. The normalized spacial score (nSPS) is 15.2. The first-order valence-corrected chi connectivity index (χ1v) is 9.27. The molecule has 0 fully saturated rings. The molecule has 0 N–H and O–H groups in total. The summed E-state index contributed by atoms with van der Waals surface area (Å²) in [6, 6.07) is 12.2. The van der Waals surface area contributed by atoms with Crippen LogP contribution in [0.15, 0.2) is 42.5 Å². The van der Waals surface area contributed by atoms with Gasteiger partial charge in [-0.05, 0) is 37.3 Å². The number of fused-ring (bicyclic) bond motifs is 1. The van der Waals surface area contributed by atoms with Crippen LogP contribution in [-0.4, -0.2) is 56.4 Å². The highest BCUT2D eigenvalue weighted by Crippen LogP contribution is 2.34. The van der Waals surface area contributed by atoms with E-state index in [4.69, 9.17) is 9.47 Å². The predicted octanol–water partition coefficient (Wildman–Crippen LogP) is 2.32. The molecule has 0 aliphatic carbocycles. The van der Waals surface area contributed by atoms with Crippen LogP contribution >= 0.6 is 0 Å². The third-order valence-electron chi connectivity index (χ3n) is 4.82. The molecule has 0 bridgehead atoms. The van der Waals surface area contributed by atoms with Crippen LogP contribution in [0.3, 0.4) is 0 Å². The Hall–Kier alpha value is -3.35. The summed E-state index contributed by atoms with van der Waals surface area (Å²) in [4.78, 5) is 40.4. The van der Waals surface area contributed by atoms with Crippen molar-refractivity contribution in [2.45, 2.75) is 19.4 Å². The number of methoxy groups -OCH3 is 1. The maximum atomic E-state index is 13.2. The Labute approximate surface area is 169 Å². The summed E-state index contributed by atoms with van der Waals surface area (Å²) in [7, 11) is 4.82. The number of para-hydroxylation sites is 2. The summed E-state index contributed by atoms with van der Waals surface area (Å²) in [5, 5.41) is 0. The minimum atomic E-state index is -0.783. The predicted molar refractivity (Wildman–Crippen MR) is 109 cm³/mol. The number of rotatable bonds is 5. The van der Waals surface area contributed by atoms with Gasteiger partial charge in [-0.15, -0.1) is 0 Å². The molecule has 0 spiro atoms. The number of ketones is 1. The van der Waals surface area contributed by atoms with Crippen LogP contribution in [0.2, 0.25) is 0 Å². The molecule has 152 valence electrons. The van der Waals surface area contributed by atoms with Crippen LogP contribution in [-0.2, 0) is 16.0 Å². The highest BCUT2D eigenvalue weighted by molar-refractivity contribution is 5.99. The molecule has 1 aliphatic rings. The highest BCUT2D eigenvalue weighted by atomic mass is 16.5. The van der Waals surface area contributed by atoms with Gasteiger partial charge >= 0.3 is 0 Å². The number of nitrogens with zero attached hydrogens (tertiary/aromatic N) is 2. The fourth-order valence-corrected chi connectivity index (χ4v) is 3.28. The second-order valence-corrected chi connectivity index (χ2v) is 7.07. The number of Topliss-reactive ketones (excluding diaryl/α,β-unsaturated/α-hetero) is 1. The number of hydrogen-bond acceptors (Lipinski definition) is 5. The van der Waals surface area contributed by atoms with Crippen molar-refractivity contribution in [1.29, 1.82) is 0 Å². The van der Waals surface area contributed by atoms with Crippen molar-refractivity contribution in [3.8, 4) is 11.5 Å². The van der Waals surface area contributed by atoms with Gasteiger partial charge in [0.2, 0.25) is 5.91 Å². The number of carbonyl (C=O) groups is 3. The number of carbonyl (C=O) groups excluding carboxylic acids is 3. The van der Waals surface area contributed by atoms with E-state index >= 15 is 0 Å². The van der Waals surface area contributed by atoms with E-state index in [9.17, 15) is 14.4 Å². The number of likely N-dealkylation sites (N-methyl/N-ethyl adjacent to an activating group) is 1. The number of anilines is 1. The van der Waals surface area contributed by atoms with Gasteiger partial charge in [-0.3, -0.25) is 14.4 Å². The smallest absolute Gasteiger partial charge is 0.265 e. The second kappa shape index (κ2) is 8.34. The van der Waals surface area contributed by atoms with E-state index in [1.807, 2.05) is 6.07 Å². The fraction of sp³-hybridized carbons (Fsp3) is 0.318. The van der Waals surface area contributed by atoms with Crippen molar-refractivity contribution < 1.29 is 23.9 Å². The molecule has 1 heterocycles. The molecular weight excluding hydrogens is 372 g/mol. The Kier molecular flexibility index (Phi) is 5.87. The first-order chi connectivity index (χ1) is 13.8. The monoisotopic (exact) mass is 396 g/mol. The van der Waals surface area contributed by atoms with Crippen molar-refractivity contribution in [3.05, 3.63) is 53.6 Å². The Morgan fingerprint density at radius 2 is 1.90 bits per heavy atom. The standard InChI is InChI=1S/C22H24N2O5/c1-14(25)15-9-10-18(28-4)16(11-15)12-21(26)24-13-20(22(27)23(2)3)29-19-8-6-5-7-17(19)24/h5-11,20H,12-13H2,1-4H3/t20-/m0/s1. The molecule has 0 radical (unpaired) electrons. The molecule has 29 heavy (non-hydrogen) atoms. The first-order valence-electron chi connectivity index (χ1n) is 9.27. The zero-order chi connectivity index (χ0) is 21.1. The van der Waals surface area contributed by atoms with E-state index in [0.29, 0.717) is 28.3 Å². The van der Waals surface area contributed by atoms with E-state index < -0.39 is 6.10 Å². The third kappa shape index (κ3) is 4.23. The molecule has 1 atom stereocenters. The Bertz CT molecular complexity index is 954. The van der Waals surface area contributed by atoms with Gasteiger partial charge in [0.05, 0.1) is 25.8 Å². The van der Waals surface area contributed by atoms with Gasteiger partial charge in [0.15, 0.2) is 11.9 Å². The lowest BCUT2D eigenvalue weighted by atomic mass is 10.0. The van der Waals surface area contributed by atoms with E-state index in [-0.39, 0.29) is 30.6 Å². The van der Waals surface area contributed by atoms with Crippen molar-refractivity contribution in [1.82, 2.24) is 4.90 Å². The summed E-state index contributed by atoms with van der Waals surface area (Å²) in [6.45, 7) is 1.59. The van der Waals surface area contributed by atoms with Crippen LogP contribution in [0.4, 0.5) is 5.69 Å². The lowest BCUT2D eigenvalue weighted by molar-refractivity contribution is -0.136. The number of amides is 2. The number of ether oxygens (including phenoxy) is 2. The largest absolute Gasteiger partial charge is 0.496 e. The van der Waals surface area contributed by atoms with Gasteiger partial charge in [0.1, 0.15) is 11.5 Å². The SMILES string of the molecule is COc1ccc(C(C)=O)cc1CC(=O)N1C[C@@H](C(=O)N(C)C)Oc2ccccc21. The first kappa shape index (κ1) is 20.4. The van der Waals surface area contributed by atoms with Gasteiger partial charge in [0.25, 0.3) is 5.91 Å². The topological polar surface area (TPSA) is 76.2 Å². The summed E-state index contributed by atoms with van der Waals surface area (Å²) >= 11 is 0. The van der Waals surface area contributed by atoms with Crippen LogP contribution in [0.25, 0.3) is 0 Å². The molecule has 1 aliphatic heterocycles. The molecule has 0 aromatic heterocycles. The Morgan fingerprint density at radius 1 is 1.17 bits per heavy atom.